The lowest BCUT2D eigenvalue weighted by Gasteiger charge is -2.36. The van der Waals surface area contributed by atoms with E-state index in [1.807, 2.05) is 12.1 Å². The van der Waals surface area contributed by atoms with E-state index in [-0.39, 0.29) is 24.0 Å². The molecule has 2 fully saturated rings. The van der Waals surface area contributed by atoms with Crippen LogP contribution >= 0.6 is 35.6 Å². The summed E-state index contributed by atoms with van der Waals surface area (Å²) in [6.45, 7) is 10.4. The van der Waals surface area contributed by atoms with E-state index in [4.69, 9.17) is 17.3 Å². The molecule has 0 aromatic heterocycles. The van der Waals surface area contributed by atoms with Crippen LogP contribution in [0.5, 0.6) is 0 Å². The molecule has 3 rings (SSSR count). The third-order valence-electron chi connectivity index (χ3n) is 5.12. The second-order valence-electron chi connectivity index (χ2n) is 6.70. The Bertz CT molecular complexity index is 557. The highest BCUT2D eigenvalue weighted by atomic mass is 127. The van der Waals surface area contributed by atoms with Gasteiger partial charge in [0.2, 0.25) is 0 Å². The molecule has 0 aliphatic carbocycles. The topological polar surface area (TPSA) is 48.1 Å². The van der Waals surface area contributed by atoms with Crippen LogP contribution in [0.4, 0.5) is 5.69 Å². The number of hydrogen-bond donors (Lipinski definition) is 1. The number of benzene rings is 1. The van der Waals surface area contributed by atoms with E-state index < -0.39 is 0 Å². The Labute approximate surface area is 173 Å². The van der Waals surface area contributed by atoms with Crippen molar-refractivity contribution < 1.29 is 0 Å². The monoisotopic (exact) mass is 477 g/mol. The average molecular weight is 478 g/mol. The largest absolute Gasteiger partial charge is 0.370 e. The van der Waals surface area contributed by atoms with E-state index in [1.165, 1.54) is 18.7 Å². The van der Waals surface area contributed by atoms with E-state index in [1.54, 1.807) is 0 Å². The number of likely N-dealkylation sites (tertiary alicyclic amines) is 1. The lowest BCUT2D eigenvalue weighted by molar-refractivity contribution is 0.342. The molecule has 2 aliphatic heterocycles. The first-order valence-electron chi connectivity index (χ1n) is 8.93. The molecule has 2 N–H and O–H groups in total. The summed E-state index contributed by atoms with van der Waals surface area (Å²) in [4.78, 5) is 11.7. The minimum atomic E-state index is 0. The van der Waals surface area contributed by atoms with E-state index in [2.05, 4.69) is 38.7 Å². The molecule has 1 aromatic carbocycles. The first kappa shape index (κ1) is 20.6. The highest BCUT2D eigenvalue weighted by Crippen LogP contribution is 2.20. The Hall–Kier alpha value is -0.730. The highest BCUT2D eigenvalue weighted by molar-refractivity contribution is 14.0. The second-order valence-corrected chi connectivity index (χ2v) is 7.13. The van der Waals surface area contributed by atoms with E-state index in [0.717, 1.165) is 50.8 Å². The quantitative estimate of drug-likeness (QED) is 0.412. The van der Waals surface area contributed by atoms with E-state index >= 15 is 0 Å². The fourth-order valence-corrected chi connectivity index (χ4v) is 3.64. The van der Waals surface area contributed by atoms with Crippen molar-refractivity contribution in [3.05, 3.63) is 29.3 Å². The second kappa shape index (κ2) is 9.83. The van der Waals surface area contributed by atoms with Gasteiger partial charge < -0.3 is 20.4 Å². The van der Waals surface area contributed by atoms with Crippen molar-refractivity contribution in [3.63, 3.8) is 0 Å². The molecule has 0 bridgehead atoms. The van der Waals surface area contributed by atoms with Crippen LogP contribution in [0.1, 0.15) is 13.3 Å². The van der Waals surface area contributed by atoms with Gasteiger partial charge in [0.05, 0.1) is 0 Å². The summed E-state index contributed by atoms with van der Waals surface area (Å²) < 4.78 is 0. The average Bonchev–Trinajstić information content (AvgIpc) is 3.09. The van der Waals surface area contributed by atoms with Gasteiger partial charge in [0.1, 0.15) is 0 Å². The van der Waals surface area contributed by atoms with Gasteiger partial charge in [0.15, 0.2) is 5.96 Å². The molecule has 0 spiro atoms. The summed E-state index contributed by atoms with van der Waals surface area (Å²) in [5.41, 5.74) is 7.45. The molecule has 0 radical (unpaired) electrons. The molecule has 2 aliphatic rings. The van der Waals surface area contributed by atoms with Gasteiger partial charge in [-0.05, 0) is 49.7 Å². The van der Waals surface area contributed by atoms with Gasteiger partial charge in [-0.15, -0.1) is 24.0 Å². The molecule has 0 amide bonds. The van der Waals surface area contributed by atoms with Crippen LogP contribution in [0, 0.1) is 5.92 Å². The first-order valence-corrected chi connectivity index (χ1v) is 9.31. The number of rotatable bonds is 4. The Morgan fingerprint density at radius 1 is 1.16 bits per heavy atom. The molecule has 2 saturated heterocycles. The van der Waals surface area contributed by atoms with Crippen LogP contribution < -0.4 is 10.6 Å². The number of anilines is 1. The molecule has 1 atom stereocenters. The highest BCUT2D eigenvalue weighted by Gasteiger charge is 2.22. The smallest absolute Gasteiger partial charge is 0.191 e. The lowest BCUT2D eigenvalue weighted by Crippen LogP contribution is -2.51. The van der Waals surface area contributed by atoms with Crippen molar-refractivity contribution >= 4 is 47.2 Å². The van der Waals surface area contributed by atoms with Gasteiger partial charge in [-0.1, -0.05) is 18.5 Å². The molecule has 0 saturated carbocycles. The van der Waals surface area contributed by atoms with Crippen molar-refractivity contribution in [2.24, 2.45) is 16.6 Å². The summed E-state index contributed by atoms with van der Waals surface area (Å²) in [5, 5.41) is 0.780. The number of hydrogen-bond acceptors (Lipinski definition) is 3. The maximum Gasteiger partial charge on any atom is 0.191 e. The number of nitrogens with zero attached hydrogens (tertiary/aromatic N) is 4. The maximum atomic E-state index is 6.22. The Kier molecular flexibility index (Phi) is 8.09. The molecule has 25 heavy (non-hydrogen) atoms. The van der Waals surface area contributed by atoms with Crippen molar-refractivity contribution in [2.75, 3.05) is 57.3 Å². The molecular formula is C18H29ClIN5. The zero-order valence-electron chi connectivity index (χ0n) is 14.9. The van der Waals surface area contributed by atoms with Gasteiger partial charge in [-0.3, -0.25) is 4.99 Å². The summed E-state index contributed by atoms with van der Waals surface area (Å²) in [6.07, 6.45) is 1.25. The standard InChI is InChI=1S/C18H28ClN5.HI/c1-2-22-8-7-15(14-22)13-21-18(20)24-11-9-23(10-12-24)17-5-3-16(19)4-6-17;/h3-6,15H,2,7-14H2,1H3,(H2,20,21);1H. The lowest BCUT2D eigenvalue weighted by atomic mass is 10.1. The minimum Gasteiger partial charge on any atom is -0.370 e. The first-order chi connectivity index (χ1) is 11.7. The summed E-state index contributed by atoms with van der Waals surface area (Å²) in [7, 11) is 0. The van der Waals surface area contributed by atoms with E-state index in [9.17, 15) is 0 Å². The van der Waals surface area contributed by atoms with Crippen LogP contribution in [0.25, 0.3) is 0 Å². The van der Waals surface area contributed by atoms with Crippen LogP contribution in [0.2, 0.25) is 5.02 Å². The molecular weight excluding hydrogens is 449 g/mol. The predicted octanol–water partition coefficient (Wildman–Crippen LogP) is 2.74. The Morgan fingerprint density at radius 2 is 1.84 bits per heavy atom. The Morgan fingerprint density at radius 3 is 2.44 bits per heavy atom. The van der Waals surface area contributed by atoms with Crippen LogP contribution in [0.3, 0.4) is 0 Å². The SMILES string of the molecule is CCN1CCC(CN=C(N)N2CCN(c3ccc(Cl)cc3)CC2)C1.I. The number of piperazine rings is 1. The molecule has 140 valence electrons. The summed E-state index contributed by atoms with van der Waals surface area (Å²) in [5.74, 6) is 1.37. The fraction of sp³-hybridized carbons (Fsp3) is 0.611. The van der Waals surface area contributed by atoms with Gasteiger partial charge in [-0.25, -0.2) is 0 Å². The zero-order chi connectivity index (χ0) is 16.9. The van der Waals surface area contributed by atoms with Gasteiger partial charge in [0.25, 0.3) is 0 Å². The Balaban J connectivity index is 0.00000225. The van der Waals surface area contributed by atoms with Crippen molar-refractivity contribution in [1.82, 2.24) is 9.80 Å². The molecule has 1 unspecified atom stereocenters. The number of halogens is 2. The molecule has 7 heteroatoms. The fourth-order valence-electron chi connectivity index (χ4n) is 3.52. The van der Waals surface area contributed by atoms with Gasteiger partial charge >= 0.3 is 0 Å². The third-order valence-corrected chi connectivity index (χ3v) is 5.38. The number of aliphatic imine (C=N–C) groups is 1. The van der Waals surface area contributed by atoms with Crippen molar-refractivity contribution in [2.45, 2.75) is 13.3 Å². The van der Waals surface area contributed by atoms with Crippen LogP contribution in [-0.2, 0) is 0 Å². The molecule has 5 nitrogen and oxygen atoms in total. The van der Waals surface area contributed by atoms with Gasteiger partial charge in [0, 0.05) is 50.0 Å². The van der Waals surface area contributed by atoms with Gasteiger partial charge in [-0.2, -0.15) is 0 Å². The number of guanidine groups is 1. The summed E-state index contributed by atoms with van der Waals surface area (Å²) >= 11 is 5.96. The van der Waals surface area contributed by atoms with Crippen LogP contribution in [-0.4, -0.2) is 68.1 Å². The van der Waals surface area contributed by atoms with Crippen molar-refractivity contribution in [1.29, 1.82) is 0 Å². The van der Waals surface area contributed by atoms with Crippen LogP contribution in [0.15, 0.2) is 29.3 Å². The van der Waals surface area contributed by atoms with Crippen molar-refractivity contribution in [3.8, 4) is 0 Å². The third kappa shape index (κ3) is 5.62. The predicted molar refractivity (Wildman–Crippen MR) is 117 cm³/mol. The minimum absolute atomic E-state index is 0. The summed E-state index contributed by atoms with van der Waals surface area (Å²) in [6, 6.07) is 8.05. The maximum absolute atomic E-state index is 6.22. The number of nitrogens with two attached hydrogens (primary N) is 1. The normalized spacial score (nSPS) is 22.2. The van der Waals surface area contributed by atoms with E-state index in [0.29, 0.717) is 11.9 Å². The molecule has 2 heterocycles. The molecule has 1 aromatic rings. The zero-order valence-corrected chi connectivity index (χ0v) is 18.0.